The maximum absolute atomic E-state index is 11.1. The largest absolute Gasteiger partial charge is 0.426 e. The average Bonchev–Trinajstić information content (AvgIpc) is 2.35. The lowest BCUT2D eigenvalue weighted by atomic mass is 9.87. The molecule has 0 fully saturated rings. The predicted molar refractivity (Wildman–Crippen MR) is 71.9 cm³/mol. The van der Waals surface area contributed by atoms with E-state index in [2.05, 4.69) is 18.3 Å². The molecule has 1 N–H and O–H groups in total. The Morgan fingerprint density at radius 2 is 2.33 bits per heavy atom. The van der Waals surface area contributed by atoms with Crippen LogP contribution in [0.5, 0.6) is 5.75 Å². The first-order valence-electron chi connectivity index (χ1n) is 6.73. The molecule has 18 heavy (non-hydrogen) atoms. The van der Waals surface area contributed by atoms with Crippen LogP contribution >= 0.6 is 0 Å². The number of rotatable bonds is 4. The molecule has 2 rings (SSSR count). The smallest absolute Gasteiger partial charge is 0.308 e. The van der Waals surface area contributed by atoms with Crippen molar-refractivity contribution in [3.8, 4) is 5.75 Å². The van der Waals surface area contributed by atoms with Crippen molar-refractivity contribution in [1.82, 2.24) is 5.32 Å². The molecule has 3 heteroatoms. The first-order chi connectivity index (χ1) is 8.70. The third kappa shape index (κ3) is 3.10. The Kier molecular flexibility index (Phi) is 4.37. The molecule has 1 aromatic rings. The Balaban J connectivity index is 2.11. The molecule has 0 spiro atoms. The van der Waals surface area contributed by atoms with Gasteiger partial charge in [-0.3, -0.25) is 4.79 Å². The van der Waals surface area contributed by atoms with Crippen molar-refractivity contribution in [3.63, 3.8) is 0 Å². The van der Waals surface area contributed by atoms with Gasteiger partial charge in [-0.05, 0) is 49.4 Å². The van der Waals surface area contributed by atoms with E-state index in [-0.39, 0.29) is 5.97 Å². The van der Waals surface area contributed by atoms with E-state index in [1.165, 1.54) is 18.1 Å². The second-order valence-electron chi connectivity index (χ2n) is 4.88. The molecule has 0 radical (unpaired) electrons. The fourth-order valence-corrected chi connectivity index (χ4v) is 2.55. The van der Waals surface area contributed by atoms with Crippen LogP contribution in [-0.4, -0.2) is 18.6 Å². The van der Waals surface area contributed by atoms with E-state index in [9.17, 15) is 4.79 Å². The van der Waals surface area contributed by atoms with Crippen molar-refractivity contribution in [2.24, 2.45) is 0 Å². The Bertz CT molecular complexity index is 429. The topological polar surface area (TPSA) is 38.3 Å². The van der Waals surface area contributed by atoms with Gasteiger partial charge in [-0.25, -0.2) is 0 Å². The monoisotopic (exact) mass is 247 g/mol. The molecule has 0 amide bonds. The highest BCUT2D eigenvalue weighted by molar-refractivity contribution is 5.70. The number of carbonyl (C=O) groups is 1. The number of hydrogen-bond donors (Lipinski definition) is 1. The zero-order valence-electron chi connectivity index (χ0n) is 11.2. The summed E-state index contributed by atoms with van der Waals surface area (Å²) in [6.07, 6.45) is 4.30. The van der Waals surface area contributed by atoms with Crippen LogP contribution in [0.15, 0.2) is 18.2 Å². The number of nitrogens with one attached hydrogen (secondary N) is 1. The highest BCUT2D eigenvalue weighted by Crippen LogP contribution is 2.29. The minimum atomic E-state index is -0.241. The van der Waals surface area contributed by atoms with Crippen molar-refractivity contribution in [2.45, 2.75) is 45.6 Å². The SMILES string of the molecule is CCCN[C@H]1CCc2c(cccc2OC(C)=O)C1. The summed E-state index contributed by atoms with van der Waals surface area (Å²) in [5.41, 5.74) is 2.52. The van der Waals surface area contributed by atoms with Crippen molar-refractivity contribution in [3.05, 3.63) is 29.3 Å². The molecule has 98 valence electrons. The Hall–Kier alpha value is -1.35. The fraction of sp³-hybridized carbons (Fsp3) is 0.533. The van der Waals surface area contributed by atoms with Crippen molar-refractivity contribution >= 4 is 5.97 Å². The highest BCUT2D eigenvalue weighted by atomic mass is 16.5. The van der Waals surface area contributed by atoms with Crippen molar-refractivity contribution in [2.75, 3.05) is 6.54 Å². The van der Waals surface area contributed by atoms with Gasteiger partial charge in [0.25, 0.3) is 0 Å². The Morgan fingerprint density at radius 1 is 1.50 bits per heavy atom. The Labute approximate surface area is 109 Å². The van der Waals surface area contributed by atoms with Crippen LogP contribution in [0.25, 0.3) is 0 Å². The summed E-state index contributed by atoms with van der Waals surface area (Å²) < 4.78 is 5.27. The molecule has 0 unspecified atom stereocenters. The van der Waals surface area contributed by atoms with E-state index in [1.807, 2.05) is 12.1 Å². The third-order valence-electron chi connectivity index (χ3n) is 3.38. The van der Waals surface area contributed by atoms with Gasteiger partial charge in [0.05, 0.1) is 0 Å². The minimum Gasteiger partial charge on any atom is -0.426 e. The summed E-state index contributed by atoms with van der Waals surface area (Å²) in [6, 6.07) is 6.56. The molecular formula is C15H21NO2. The van der Waals surface area contributed by atoms with Crippen molar-refractivity contribution < 1.29 is 9.53 Å². The normalized spacial score (nSPS) is 18.2. The first-order valence-corrected chi connectivity index (χ1v) is 6.73. The fourth-order valence-electron chi connectivity index (χ4n) is 2.55. The molecule has 0 bridgehead atoms. The van der Waals surface area contributed by atoms with Gasteiger partial charge in [0.15, 0.2) is 0 Å². The lowest BCUT2D eigenvalue weighted by Gasteiger charge is -2.26. The van der Waals surface area contributed by atoms with Crippen LogP contribution in [0, 0.1) is 0 Å². The summed E-state index contributed by atoms with van der Waals surface area (Å²) in [4.78, 5) is 11.1. The molecule has 0 aromatic heterocycles. The maximum Gasteiger partial charge on any atom is 0.308 e. The molecule has 1 aliphatic rings. The summed E-state index contributed by atoms with van der Waals surface area (Å²) in [6.45, 7) is 4.71. The lowest BCUT2D eigenvalue weighted by molar-refractivity contribution is -0.131. The van der Waals surface area contributed by atoms with E-state index in [1.54, 1.807) is 0 Å². The zero-order valence-corrected chi connectivity index (χ0v) is 11.2. The van der Waals surface area contributed by atoms with Crippen LogP contribution in [0.3, 0.4) is 0 Å². The quantitative estimate of drug-likeness (QED) is 0.656. The maximum atomic E-state index is 11.1. The van der Waals surface area contributed by atoms with E-state index < -0.39 is 0 Å². The van der Waals surface area contributed by atoms with E-state index in [0.717, 1.165) is 38.0 Å². The van der Waals surface area contributed by atoms with Crippen LogP contribution < -0.4 is 10.1 Å². The summed E-state index contributed by atoms with van der Waals surface area (Å²) >= 11 is 0. The highest BCUT2D eigenvalue weighted by Gasteiger charge is 2.21. The van der Waals surface area contributed by atoms with Gasteiger partial charge >= 0.3 is 5.97 Å². The van der Waals surface area contributed by atoms with Crippen LogP contribution in [0.2, 0.25) is 0 Å². The molecule has 1 aliphatic carbocycles. The standard InChI is InChI=1S/C15H21NO2/c1-3-9-16-13-7-8-14-12(10-13)5-4-6-15(14)18-11(2)17/h4-6,13,16H,3,7-10H2,1-2H3/t13-/m0/s1. The van der Waals surface area contributed by atoms with Gasteiger partial charge in [-0.2, -0.15) is 0 Å². The van der Waals surface area contributed by atoms with Gasteiger partial charge in [-0.1, -0.05) is 19.1 Å². The number of carbonyl (C=O) groups excluding carboxylic acids is 1. The van der Waals surface area contributed by atoms with Crippen LogP contribution in [-0.2, 0) is 17.6 Å². The summed E-state index contributed by atoms with van der Waals surface area (Å²) in [5.74, 6) is 0.503. The number of esters is 1. The predicted octanol–water partition coefficient (Wildman–Crippen LogP) is 2.47. The molecule has 0 saturated carbocycles. The minimum absolute atomic E-state index is 0.241. The van der Waals surface area contributed by atoms with Crippen LogP contribution in [0.4, 0.5) is 0 Å². The number of benzene rings is 1. The second kappa shape index (κ2) is 6.01. The molecule has 1 atom stereocenters. The average molecular weight is 247 g/mol. The summed E-state index contributed by atoms with van der Waals surface area (Å²) in [7, 11) is 0. The van der Waals surface area contributed by atoms with Gasteiger partial charge < -0.3 is 10.1 Å². The first kappa shape index (κ1) is 13.1. The zero-order chi connectivity index (χ0) is 13.0. The van der Waals surface area contributed by atoms with Gasteiger partial charge in [0.2, 0.25) is 0 Å². The third-order valence-corrected chi connectivity index (χ3v) is 3.38. The van der Waals surface area contributed by atoms with Gasteiger partial charge in [0, 0.05) is 13.0 Å². The van der Waals surface area contributed by atoms with E-state index in [4.69, 9.17) is 4.74 Å². The van der Waals surface area contributed by atoms with Gasteiger partial charge in [-0.15, -0.1) is 0 Å². The molecular weight excluding hydrogens is 226 g/mol. The lowest BCUT2D eigenvalue weighted by Crippen LogP contribution is -2.35. The molecule has 0 saturated heterocycles. The number of fused-ring (bicyclic) bond motifs is 1. The van der Waals surface area contributed by atoms with Gasteiger partial charge in [0.1, 0.15) is 5.75 Å². The number of hydrogen-bond acceptors (Lipinski definition) is 3. The Morgan fingerprint density at radius 3 is 3.06 bits per heavy atom. The molecule has 0 aliphatic heterocycles. The number of ether oxygens (including phenoxy) is 1. The molecule has 1 aromatic carbocycles. The van der Waals surface area contributed by atoms with Crippen LogP contribution in [0.1, 0.15) is 37.8 Å². The molecule has 3 nitrogen and oxygen atoms in total. The molecule has 0 heterocycles. The van der Waals surface area contributed by atoms with E-state index >= 15 is 0 Å². The van der Waals surface area contributed by atoms with Crippen molar-refractivity contribution in [1.29, 1.82) is 0 Å². The summed E-state index contributed by atoms with van der Waals surface area (Å²) in [5, 5.41) is 3.56. The van der Waals surface area contributed by atoms with E-state index in [0.29, 0.717) is 6.04 Å². The second-order valence-corrected chi connectivity index (χ2v) is 4.88.